The van der Waals surface area contributed by atoms with Crippen LogP contribution in [0.2, 0.25) is 0 Å². The predicted molar refractivity (Wildman–Crippen MR) is 112 cm³/mol. The van der Waals surface area contributed by atoms with Gasteiger partial charge in [-0.2, -0.15) is 5.10 Å². The molecule has 0 bridgehead atoms. The Morgan fingerprint density at radius 1 is 1.17 bits per heavy atom. The van der Waals surface area contributed by atoms with Crippen molar-refractivity contribution in [3.05, 3.63) is 54.9 Å². The van der Waals surface area contributed by atoms with E-state index in [1.807, 2.05) is 47.3 Å². The van der Waals surface area contributed by atoms with E-state index in [-0.39, 0.29) is 11.8 Å². The lowest BCUT2D eigenvalue weighted by Crippen LogP contribution is -2.32. The molecule has 1 saturated carbocycles. The summed E-state index contributed by atoms with van der Waals surface area (Å²) in [5.41, 5.74) is 3.89. The molecule has 1 aliphatic carbocycles. The molecule has 0 spiro atoms. The summed E-state index contributed by atoms with van der Waals surface area (Å²) in [5, 5.41) is 7.89. The SMILES string of the molecule is COc1ccc(-c2cc(-c3cccnc3)n(CCNC(=O)C3CCCC3)n2)cc1. The van der Waals surface area contributed by atoms with E-state index in [0.29, 0.717) is 13.1 Å². The van der Waals surface area contributed by atoms with Gasteiger partial charge in [0.25, 0.3) is 0 Å². The molecule has 6 nitrogen and oxygen atoms in total. The Morgan fingerprint density at radius 3 is 2.66 bits per heavy atom. The zero-order valence-electron chi connectivity index (χ0n) is 16.7. The van der Waals surface area contributed by atoms with Gasteiger partial charge in [0, 0.05) is 36.0 Å². The zero-order valence-corrected chi connectivity index (χ0v) is 16.7. The molecule has 1 amide bonds. The van der Waals surface area contributed by atoms with Gasteiger partial charge in [-0.15, -0.1) is 0 Å². The van der Waals surface area contributed by atoms with Crippen LogP contribution in [0.4, 0.5) is 0 Å². The third-order valence-electron chi connectivity index (χ3n) is 5.47. The van der Waals surface area contributed by atoms with E-state index in [2.05, 4.69) is 16.4 Å². The number of pyridine rings is 1. The van der Waals surface area contributed by atoms with Crippen molar-refractivity contribution in [3.63, 3.8) is 0 Å². The number of hydrogen-bond donors (Lipinski definition) is 1. The second-order valence-electron chi connectivity index (χ2n) is 7.38. The Hall–Kier alpha value is -3.15. The molecule has 0 atom stereocenters. The smallest absolute Gasteiger partial charge is 0.223 e. The van der Waals surface area contributed by atoms with Gasteiger partial charge < -0.3 is 10.1 Å². The number of ether oxygens (including phenoxy) is 1. The van der Waals surface area contributed by atoms with Gasteiger partial charge in [0.05, 0.1) is 25.0 Å². The highest BCUT2D eigenvalue weighted by atomic mass is 16.5. The van der Waals surface area contributed by atoms with Crippen LogP contribution in [0.5, 0.6) is 5.75 Å². The van der Waals surface area contributed by atoms with E-state index in [9.17, 15) is 4.79 Å². The molecule has 3 aromatic rings. The minimum atomic E-state index is 0.174. The number of nitrogens with one attached hydrogen (secondary N) is 1. The number of nitrogens with zero attached hydrogens (tertiary/aromatic N) is 3. The van der Waals surface area contributed by atoms with Crippen LogP contribution in [0, 0.1) is 5.92 Å². The maximum Gasteiger partial charge on any atom is 0.223 e. The minimum Gasteiger partial charge on any atom is -0.497 e. The number of hydrogen-bond acceptors (Lipinski definition) is 4. The van der Waals surface area contributed by atoms with Crippen molar-refractivity contribution < 1.29 is 9.53 Å². The third kappa shape index (κ3) is 4.47. The second kappa shape index (κ2) is 8.90. The average Bonchev–Trinajstić information content (AvgIpc) is 3.45. The van der Waals surface area contributed by atoms with E-state index in [4.69, 9.17) is 9.84 Å². The standard InChI is InChI=1S/C23H26N4O2/c1-29-20-10-8-17(9-11-20)21-15-22(19-7-4-12-24-16-19)27(26-21)14-13-25-23(28)18-5-2-3-6-18/h4,7-12,15-16,18H,2-3,5-6,13-14H2,1H3,(H,25,28). The molecule has 1 N–H and O–H groups in total. The normalized spacial score (nSPS) is 14.1. The zero-order chi connectivity index (χ0) is 20.1. The van der Waals surface area contributed by atoms with E-state index >= 15 is 0 Å². The van der Waals surface area contributed by atoms with Crippen LogP contribution >= 0.6 is 0 Å². The number of benzene rings is 1. The van der Waals surface area contributed by atoms with Crippen LogP contribution in [-0.4, -0.2) is 34.3 Å². The quantitative estimate of drug-likeness (QED) is 0.664. The van der Waals surface area contributed by atoms with E-state index in [0.717, 1.165) is 53.9 Å². The van der Waals surface area contributed by atoms with Crippen LogP contribution < -0.4 is 10.1 Å². The van der Waals surface area contributed by atoms with Crippen molar-refractivity contribution in [1.82, 2.24) is 20.1 Å². The van der Waals surface area contributed by atoms with Crippen LogP contribution in [0.15, 0.2) is 54.9 Å². The van der Waals surface area contributed by atoms with Crippen LogP contribution in [0.25, 0.3) is 22.5 Å². The first kappa shape index (κ1) is 19.2. The number of rotatable bonds is 7. The molecule has 6 heteroatoms. The summed E-state index contributed by atoms with van der Waals surface area (Å²) in [6.07, 6.45) is 7.94. The molecule has 1 aromatic carbocycles. The monoisotopic (exact) mass is 390 g/mol. The fraction of sp³-hybridized carbons (Fsp3) is 0.348. The number of carbonyl (C=O) groups is 1. The molecule has 2 aromatic heterocycles. The first-order valence-electron chi connectivity index (χ1n) is 10.1. The molecule has 4 rings (SSSR count). The maximum atomic E-state index is 12.3. The molecule has 29 heavy (non-hydrogen) atoms. The van der Waals surface area contributed by atoms with E-state index in [1.54, 1.807) is 13.3 Å². The topological polar surface area (TPSA) is 69.0 Å². The van der Waals surface area contributed by atoms with Crippen molar-refractivity contribution >= 4 is 5.91 Å². The van der Waals surface area contributed by atoms with Crippen LogP contribution in [0.1, 0.15) is 25.7 Å². The van der Waals surface area contributed by atoms with Crippen molar-refractivity contribution in [3.8, 4) is 28.3 Å². The van der Waals surface area contributed by atoms with Crippen molar-refractivity contribution in [1.29, 1.82) is 0 Å². The summed E-state index contributed by atoms with van der Waals surface area (Å²) in [6, 6.07) is 13.9. The molecule has 1 fully saturated rings. The maximum absolute atomic E-state index is 12.3. The Balaban J connectivity index is 1.54. The van der Waals surface area contributed by atoms with Gasteiger partial charge in [-0.1, -0.05) is 12.8 Å². The van der Waals surface area contributed by atoms with Gasteiger partial charge in [-0.25, -0.2) is 0 Å². The Labute approximate surface area is 170 Å². The highest BCUT2D eigenvalue weighted by Crippen LogP contribution is 2.27. The number of methoxy groups -OCH3 is 1. The highest BCUT2D eigenvalue weighted by Gasteiger charge is 2.22. The molecular weight excluding hydrogens is 364 g/mol. The highest BCUT2D eigenvalue weighted by molar-refractivity contribution is 5.78. The second-order valence-corrected chi connectivity index (χ2v) is 7.38. The lowest BCUT2D eigenvalue weighted by Gasteiger charge is -2.11. The van der Waals surface area contributed by atoms with Gasteiger partial charge in [0.1, 0.15) is 5.75 Å². The van der Waals surface area contributed by atoms with Gasteiger partial charge >= 0.3 is 0 Å². The molecule has 0 saturated heterocycles. The molecule has 150 valence electrons. The van der Waals surface area contributed by atoms with Crippen LogP contribution in [-0.2, 0) is 11.3 Å². The number of aromatic nitrogens is 3. The number of carbonyl (C=O) groups excluding carboxylic acids is 1. The van der Waals surface area contributed by atoms with Crippen molar-refractivity contribution in [2.45, 2.75) is 32.2 Å². The van der Waals surface area contributed by atoms with Gasteiger partial charge in [0.15, 0.2) is 0 Å². The number of amides is 1. The lowest BCUT2D eigenvalue weighted by atomic mass is 10.1. The summed E-state index contributed by atoms with van der Waals surface area (Å²) >= 11 is 0. The van der Waals surface area contributed by atoms with Gasteiger partial charge in [0.2, 0.25) is 5.91 Å². The third-order valence-corrected chi connectivity index (χ3v) is 5.47. The summed E-state index contributed by atoms with van der Waals surface area (Å²) in [4.78, 5) is 16.6. The average molecular weight is 390 g/mol. The molecule has 0 radical (unpaired) electrons. The van der Waals surface area contributed by atoms with Gasteiger partial charge in [-0.3, -0.25) is 14.5 Å². The molecular formula is C23H26N4O2. The first-order valence-corrected chi connectivity index (χ1v) is 10.1. The van der Waals surface area contributed by atoms with Crippen molar-refractivity contribution in [2.24, 2.45) is 5.92 Å². The summed E-state index contributed by atoms with van der Waals surface area (Å²) in [7, 11) is 1.66. The molecule has 1 aliphatic rings. The fourth-order valence-corrected chi connectivity index (χ4v) is 3.85. The summed E-state index contributed by atoms with van der Waals surface area (Å²) in [5.74, 6) is 1.17. The van der Waals surface area contributed by atoms with Crippen LogP contribution in [0.3, 0.4) is 0 Å². The minimum absolute atomic E-state index is 0.174. The molecule has 0 unspecified atom stereocenters. The lowest BCUT2D eigenvalue weighted by molar-refractivity contribution is -0.124. The summed E-state index contributed by atoms with van der Waals surface area (Å²) in [6.45, 7) is 1.17. The van der Waals surface area contributed by atoms with Gasteiger partial charge in [-0.05, 0) is 55.3 Å². The largest absolute Gasteiger partial charge is 0.497 e. The Bertz CT molecular complexity index is 945. The predicted octanol–water partition coefficient (Wildman–Crippen LogP) is 3.93. The summed E-state index contributed by atoms with van der Waals surface area (Å²) < 4.78 is 7.20. The molecule has 2 heterocycles. The Morgan fingerprint density at radius 2 is 1.97 bits per heavy atom. The molecule has 0 aliphatic heterocycles. The first-order chi connectivity index (χ1) is 14.2. The Kier molecular flexibility index (Phi) is 5.89. The fourth-order valence-electron chi connectivity index (χ4n) is 3.85. The van der Waals surface area contributed by atoms with E-state index < -0.39 is 0 Å². The van der Waals surface area contributed by atoms with Crippen molar-refractivity contribution in [2.75, 3.05) is 13.7 Å². The van der Waals surface area contributed by atoms with E-state index in [1.165, 1.54) is 0 Å².